The first-order valence-electron chi connectivity index (χ1n) is 5.83. The smallest absolute Gasteiger partial charge is 0.416 e. The number of ether oxygens (including phenoxy) is 1. The maximum absolute atomic E-state index is 12.6. The van der Waals surface area contributed by atoms with Gasteiger partial charge in [0.15, 0.2) is 5.78 Å². The summed E-state index contributed by atoms with van der Waals surface area (Å²) < 4.78 is 43.2. The van der Waals surface area contributed by atoms with Crippen LogP contribution in [0.25, 0.3) is 0 Å². The summed E-state index contributed by atoms with van der Waals surface area (Å²) in [5, 5.41) is 0. The third kappa shape index (κ3) is 4.42. The van der Waals surface area contributed by atoms with Crippen LogP contribution in [0.2, 0.25) is 0 Å². The highest BCUT2D eigenvalue weighted by molar-refractivity contribution is 6.19. The van der Waals surface area contributed by atoms with Crippen LogP contribution >= 0.6 is 11.6 Å². The van der Waals surface area contributed by atoms with Gasteiger partial charge in [-0.15, -0.1) is 11.6 Å². The van der Waals surface area contributed by atoms with E-state index in [4.69, 9.17) is 16.3 Å². The first-order chi connectivity index (χ1) is 8.90. The molecule has 0 unspecified atom stereocenters. The first-order valence-corrected chi connectivity index (χ1v) is 6.36. The van der Waals surface area contributed by atoms with E-state index >= 15 is 0 Å². The second-order valence-electron chi connectivity index (χ2n) is 3.92. The minimum absolute atomic E-state index is 0.0225. The van der Waals surface area contributed by atoms with Crippen molar-refractivity contribution in [3.63, 3.8) is 0 Å². The predicted octanol–water partition coefficient (Wildman–Crippen LogP) is 4.31. The normalized spacial score (nSPS) is 11.4. The minimum Gasteiger partial charge on any atom is -0.493 e. The molecule has 1 rings (SSSR count). The van der Waals surface area contributed by atoms with Crippen LogP contribution in [0.5, 0.6) is 5.75 Å². The van der Waals surface area contributed by atoms with E-state index in [1.54, 1.807) is 0 Å². The summed E-state index contributed by atoms with van der Waals surface area (Å²) in [6.07, 6.45) is -3.81. The summed E-state index contributed by atoms with van der Waals surface area (Å²) in [7, 11) is 0. The number of hydrogen-bond acceptors (Lipinski definition) is 2. The van der Waals surface area contributed by atoms with E-state index in [9.17, 15) is 18.0 Å². The van der Waals surface area contributed by atoms with Gasteiger partial charge in [0.2, 0.25) is 0 Å². The molecule has 1 aromatic rings. The molecule has 1 aromatic carbocycles. The van der Waals surface area contributed by atoms with Crippen LogP contribution in [0.3, 0.4) is 0 Å². The van der Waals surface area contributed by atoms with E-state index < -0.39 is 17.5 Å². The Bertz CT molecular complexity index is 444. The Labute approximate surface area is 114 Å². The summed E-state index contributed by atoms with van der Waals surface area (Å²) >= 11 is 5.45. The number of Topliss-reactive ketones (excluding diaryl/α,β-unsaturated/α-hetero) is 1. The second-order valence-corrected chi connectivity index (χ2v) is 4.30. The fourth-order valence-electron chi connectivity index (χ4n) is 1.48. The average Bonchev–Trinajstić information content (AvgIpc) is 2.35. The Kier molecular flexibility index (Phi) is 5.66. The number of carbonyl (C=O) groups is 1. The Morgan fingerprint density at radius 1 is 1.37 bits per heavy atom. The molecular weight excluding hydrogens is 281 g/mol. The molecule has 19 heavy (non-hydrogen) atoms. The number of benzene rings is 1. The van der Waals surface area contributed by atoms with Gasteiger partial charge in [-0.25, -0.2) is 0 Å². The van der Waals surface area contributed by atoms with Crippen molar-refractivity contribution >= 4 is 17.4 Å². The quantitative estimate of drug-likeness (QED) is 0.577. The molecule has 0 aliphatic carbocycles. The number of ketones is 1. The predicted molar refractivity (Wildman–Crippen MR) is 66.9 cm³/mol. The van der Waals surface area contributed by atoms with Crippen molar-refractivity contribution in [1.29, 1.82) is 0 Å². The van der Waals surface area contributed by atoms with Crippen molar-refractivity contribution < 1.29 is 22.7 Å². The van der Waals surface area contributed by atoms with Crippen molar-refractivity contribution in [2.75, 3.05) is 12.5 Å². The Morgan fingerprint density at radius 3 is 2.58 bits per heavy atom. The van der Waals surface area contributed by atoms with Crippen LogP contribution in [0.4, 0.5) is 13.2 Å². The van der Waals surface area contributed by atoms with Crippen LogP contribution in [-0.2, 0) is 6.18 Å². The van der Waals surface area contributed by atoms with E-state index in [1.807, 2.05) is 6.92 Å². The molecule has 0 bridgehead atoms. The van der Waals surface area contributed by atoms with Crippen LogP contribution in [-0.4, -0.2) is 18.3 Å². The van der Waals surface area contributed by atoms with Gasteiger partial charge in [-0.1, -0.05) is 6.92 Å². The molecule has 0 N–H and O–H groups in total. The maximum Gasteiger partial charge on any atom is 0.416 e. The van der Waals surface area contributed by atoms with Gasteiger partial charge in [-0.2, -0.15) is 13.2 Å². The van der Waals surface area contributed by atoms with Crippen LogP contribution < -0.4 is 4.74 Å². The van der Waals surface area contributed by atoms with Crippen molar-refractivity contribution in [3.8, 4) is 5.75 Å². The van der Waals surface area contributed by atoms with Crippen LogP contribution in [0, 0.1) is 0 Å². The van der Waals surface area contributed by atoms with Crippen molar-refractivity contribution in [1.82, 2.24) is 0 Å². The molecule has 0 radical (unpaired) electrons. The van der Waals surface area contributed by atoms with E-state index in [-0.39, 0.29) is 23.6 Å². The largest absolute Gasteiger partial charge is 0.493 e. The molecule has 0 saturated heterocycles. The topological polar surface area (TPSA) is 26.3 Å². The standard InChI is InChI=1S/C13H14ClF3O2/c1-2-7-19-12-4-3-9(13(15,16)17)8-10(12)11(18)5-6-14/h3-4,8H,2,5-7H2,1H3. The van der Waals surface area contributed by atoms with Crippen LogP contribution in [0.1, 0.15) is 35.7 Å². The molecule has 0 aliphatic rings. The minimum atomic E-state index is -4.49. The molecule has 0 aromatic heterocycles. The van der Waals surface area contributed by atoms with Crippen molar-refractivity contribution in [3.05, 3.63) is 29.3 Å². The Balaban J connectivity index is 3.14. The highest BCUT2D eigenvalue weighted by atomic mass is 35.5. The van der Waals surface area contributed by atoms with Gasteiger partial charge < -0.3 is 4.74 Å². The summed E-state index contributed by atoms with van der Waals surface area (Å²) in [5.74, 6) is -0.223. The lowest BCUT2D eigenvalue weighted by atomic mass is 10.0. The Morgan fingerprint density at radius 2 is 2.05 bits per heavy atom. The Hall–Kier alpha value is -1.23. The SMILES string of the molecule is CCCOc1ccc(C(F)(F)F)cc1C(=O)CCCl. The van der Waals surface area contributed by atoms with Crippen molar-refractivity contribution in [2.24, 2.45) is 0 Å². The van der Waals surface area contributed by atoms with Gasteiger partial charge in [0.25, 0.3) is 0 Å². The van der Waals surface area contributed by atoms with Gasteiger partial charge >= 0.3 is 6.18 Å². The lowest BCUT2D eigenvalue weighted by Crippen LogP contribution is -2.10. The zero-order valence-electron chi connectivity index (χ0n) is 10.4. The van der Waals surface area contributed by atoms with Gasteiger partial charge in [0.05, 0.1) is 17.7 Å². The summed E-state index contributed by atoms with van der Waals surface area (Å²) in [6.45, 7) is 2.21. The zero-order valence-corrected chi connectivity index (χ0v) is 11.1. The van der Waals surface area contributed by atoms with Gasteiger partial charge in [0, 0.05) is 12.3 Å². The maximum atomic E-state index is 12.6. The lowest BCUT2D eigenvalue weighted by molar-refractivity contribution is -0.137. The van der Waals surface area contributed by atoms with E-state index in [0.717, 1.165) is 12.1 Å². The zero-order chi connectivity index (χ0) is 14.5. The fraction of sp³-hybridized carbons (Fsp3) is 0.462. The van der Waals surface area contributed by atoms with Gasteiger partial charge in [-0.05, 0) is 24.6 Å². The highest BCUT2D eigenvalue weighted by Crippen LogP contribution is 2.33. The van der Waals surface area contributed by atoms with Crippen LogP contribution in [0.15, 0.2) is 18.2 Å². The number of hydrogen-bond donors (Lipinski definition) is 0. The van der Waals surface area contributed by atoms with Crippen molar-refractivity contribution in [2.45, 2.75) is 25.9 Å². The molecule has 0 fully saturated rings. The second kappa shape index (κ2) is 6.80. The third-order valence-corrected chi connectivity index (χ3v) is 2.58. The van der Waals surface area contributed by atoms with Gasteiger partial charge in [0.1, 0.15) is 5.75 Å². The number of carbonyl (C=O) groups excluding carboxylic acids is 1. The number of alkyl halides is 4. The third-order valence-electron chi connectivity index (χ3n) is 2.39. The fourth-order valence-corrected chi connectivity index (χ4v) is 1.65. The molecule has 0 heterocycles. The summed E-state index contributed by atoms with van der Waals surface area (Å²) in [4.78, 5) is 11.8. The highest BCUT2D eigenvalue weighted by Gasteiger charge is 2.31. The first kappa shape index (κ1) is 15.8. The summed E-state index contributed by atoms with van der Waals surface area (Å²) in [6, 6.07) is 2.91. The van der Waals surface area contributed by atoms with Gasteiger partial charge in [-0.3, -0.25) is 4.79 Å². The number of rotatable bonds is 6. The summed E-state index contributed by atoms with van der Waals surface area (Å²) in [5.41, 5.74) is -0.932. The van der Waals surface area contributed by atoms with E-state index in [2.05, 4.69) is 0 Å². The molecule has 6 heteroatoms. The van der Waals surface area contributed by atoms with E-state index in [0.29, 0.717) is 13.0 Å². The van der Waals surface area contributed by atoms with E-state index in [1.165, 1.54) is 6.07 Å². The molecule has 0 saturated carbocycles. The lowest BCUT2D eigenvalue weighted by Gasteiger charge is -2.13. The molecule has 0 amide bonds. The monoisotopic (exact) mass is 294 g/mol. The molecule has 2 nitrogen and oxygen atoms in total. The average molecular weight is 295 g/mol. The molecule has 0 atom stereocenters. The molecular formula is C13H14ClF3O2. The molecule has 0 spiro atoms. The number of halogens is 4. The molecule has 0 aliphatic heterocycles. The molecule has 106 valence electrons.